The molecular formula is C18H25BrN2O5. The van der Waals surface area contributed by atoms with E-state index >= 15 is 0 Å². The molecule has 144 valence electrons. The largest absolute Gasteiger partial charge is 0.356 e. The van der Waals surface area contributed by atoms with Gasteiger partial charge in [0.15, 0.2) is 0 Å². The lowest BCUT2D eigenvalue weighted by Gasteiger charge is -2.23. The minimum Gasteiger partial charge on any atom is -0.356 e. The molecule has 2 atom stereocenters. The van der Waals surface area contributed by atoms with Crippen LogP contribution in [-0.2, 0) is 14.3 Å². The monoisotopic (exact) mass is 428 g/mol. The molecule has 0 saturated carbocycles. The Bertz CT molecular complexity index is 579. The molecule has 26 heavy (non-hydrogen) atoms. The standard InChI is InChI=1S/C18H25BrN2O5/c1-3-5-14(18(23)21-24)10-16(11-26-12-25-4-2)20-17(22)13-6-8-15(19)9-7-13/h3,6-9,14,16,24H,1,4-5,10-12H2,2H3,(H,20,22)(H,21,23). The van der Waals surface area contributed by atoms with Gasteiger partial charge in [0.25, 0.3) is 5.91 Å². The number of nitrogens with one attached hydrogen (secondary N) is 2. The molecule has 0 spiro atoms. The first-order valence-electron chi connectivity index (χ1n) is 8.28. The van der Waals surface area contributed by atoms with Crippen molar-refractivity contribution in [3.05, 3.63) is 47.0 Å². The van der Waals surface area contributed by atoms with Gasteiger partial charge in [-0.2, -0.15) is 0 Å². The van der Waals surface area contributed by atoms with Crippen molar-refractivity contribution in [2.75, 3.05) is 20.0 Å². The highest BCUT2D eigenvalue weighted by molar-refractivity contribution is 9.10. The van der Waals surface area contributed by atoms with Crippen molar-refractivity contribution < 1.29 is 24.3 Å². The minimum absolute atomic E-state index is 0.0967. The van der Waals surface area contributed by atoms with E-state index in [0.29, 0.717) is 18.6 Å². The first-order chi connectivity index (χ1) is 12.5. The molecule has 1 rings (SSSR count). The Kier molecular flexibility index (Phi) is 10.8. The van der Waals surface area contributed by atoms with Gasteiger partial charge in [0.2, 0.25) is 5.91 Å². The Morgan fingerprint density at radius 3 is 2.58 bits per heavy atom. The van der Waals surface area contributed by atoms with Gasteiger partial charge in [-0.3, -0.25) is 14.8 Å². The Balaban J connectivity index is 2.78. The SMILES string of the molecule is C=CCC(CC(COCOCC)NC(=O)c1ccc(Br)cc1)C(=O)NO. The van der Waals surface area contributed by atoms with Gasteiger partial charge in [-0.1, -0.05) is 22.0 Å². The maximum Gasteiger partial charge on any atom is 0.251 e. The Hall–Kier alpha value is -1.74. The van der Waals surface area contributed by atoms with Crippen LogP contribution in [0.15, 0.2) is 41.4 Å². The summed E-state index contributed by atoms with van der Waals surface area (Å²) < 4.78 is 11.4. The molecule has 0 aromatic heterocycles. The van der Waals surface area contributed by atoms with Crippen LogP contribution >= 0.6 is 15.9 Å². The Morgan fingerprint density at radius 1 is 1.31 bits per heavy atom. The molecule has 0 aliphatic carbocycles. The summed E-state index contributed by atoms with van der Waals surface area (Å²) in [6.07, 6.45) is 2.24. The van der Waals surface area contributed by atoms with E-state index in [1.807, 2.05) is 6.92 Å². The third kappa shape index (κ3) is 8.09. The summed E-state index contributed by atoms with van der Waals surface area (Å²) in [6.45, 7) is 6.26. The van der Waals surface area contributed by atoms with E-state index in [1.165, 1.54) is 0 Å². The lowest BCUT2D eigenvalue weighted by atomic mass is 9.95. The molecule has 0 fully saturated rings. The molecule has 0 heterocycles. The Morgan fingerprint density at radius 2 is 2.00 bits per heavy atom. The molecule has 1 aromatic carbocycles. The second kappa shape index (κ2) is 12.6. The summed E-state index contributed by atoms with van der Waals surface area (Å²) in [4.78, 5) is 24.3. The molecule has 2 unspecified atom stereocenters. The summed E-state index contributed by atoms with van der Waals surface area (Å²) in [5, 5.41) is 11.8. The topological polar surface area (TPSA) is 96.9 Å². The molecule has 1 aromatic rings. The first kappa shape index (κ1) is 22.3. The highest BCUT2D eigenvalue weighted by Gasteiger charge is 2.23. The van der Waals surface area contributed by atoms with E-state index < -0.39 is 17.9 Å². The van der Waals surface area contributed by atoms with Gasteiger partial charge in [0.1, 0.15) is 6.79 Å². The lowest BCUT2D eigenvalue weighted by Crippen LogP contribution is -2.42. The molecule has 0 aliphatic rings. The van der Waals surface area contributed by atoms with Crippen LogP contribution in [0, 0.1) is 5.92 Å². The van der Waals surface area contributed by atoms with Crippen LogP contribution < -0.4 is 10.8 Å². The second-order valence-corrected chi connectivity index (χ2v) is 6.51. The highest BCUT2D eigenvalue weighted by atomic mass is 79.9. The fraction of sp³-hybridized carbons (Fsp3) is 0.444. The van der Waals surface area contributed by atoms with Gasteiger partial charge in [-0.15, -0.1) is 6.58 Å². The minimum atomic E-state index is -0.539. The van der Waals surface area contributed by atoms with Gasteiger partial charge >= 0.3 is 0 Å². The molecule has 0 aliphatic heterocycles. The van der Waals surface area contributed by atoms with E-state index in [2.05, 4.69) is 27.8 Å². The van der Waals surface area contributed by atoms with Gasteiger partial charge in [-0.05, 0) is 44.0 Å². The van der Waals surface area contributed by atoms with Crippen LogP contribution in [0.2, 0.25) is 0 Å². The first-order valence-corrected chi connectivity index (χ1v) is 9.07. The molecule has 3 N–H and O–H groups in total. The molecule has 7 nitrogen and oxygen atoms in total. The van der Waals surface area contributed by atoms with Crippen LogP contribution in [0.4, 0.5) is 0 Å². The van der Waals surface area contributed by atoms with Crippen molar-refractivity contribution in [2.24, 2.45) is 5.92 Å². The van der Waals surface area contributed by atoms with Crippen molar-refractivity contribution in [3.8, 4) is 0 Å². The summed E-state index contributed by atoms with van der Waals surface area (Å²) in [5.74, 6) is -1.34. The number of hydroxylamine groups is 1. The summed E-state index contributed by atoms with van der Waals surface area (Å²) in [5.41, 5.74) is 2.15. The average Bonchev–Trinajstić information content (AvgIpc) is 2.64. The summed E-state index contributed by atoms with van der Waals surface area (Å²) in [7, 11) is 0. The molecular weight excluding hydrogens is 404 g/mol. The number of benzene rings is 1. The lowest BCUT2D eigenvalue weighted by molar-refractivity contribution is -0.134. The molecule has 8 heteroatoms. The quantitative estimate of drug-likeness (QED) is 0.156. The van der Waals surface area contributed by atoms with Crippen molar-refractivity contribution in [1.82, 2.24) is 10.8 Å². The zero-order chi connectivity index (χ0) is 19.4. The van der Waals surface area contributed by atoms with Crippen LogP contribution in [0.3, 0.4) is 0 Å². The van der Waals surface area contributed by atoms with E-state index in [9.17, 15) is 9.59 Å². The molecule has 0 radical (unpaired) electrons. The number of ether oxygens (including phenoxy) is 2. The number of halogens is 1. The highest BCUT2D eigenvalue weighted by Crippen LogP contribution is 2.15. The maximum atomic E-state index is 12.5. The predicted octanol–water partition coefficient (Wildman–Crippen LogP) is 2.65. The number of carbonyl (C=O) groups excluding carboxylic acids is 2. The Labute approximate surface area is 161 Å². The fourth-order valence-corrected chi connectivity index (χ4v) is 2.58. The molecule has 0 saturated heterocycles. The fourth-order valence-electron chi connectivity index (χ4n) is 2.32. The summed E-state index contributed by atoms with van der Waals surface area (Å²) >= 11 is 3.33. The number of amides is 2. The number of hydrogen-bond donors (Lipinski definition) is 3. The van der Waals surface area contributed by atoms with E-state index in [4.69, 9.17) is 14.7 Å². The number of rotatable bonds is 12. The van der Waals surface area contributed by atoms with Crippen LogP contribution in [0.1, 0.15) is 30.1 Å². The van der Waals surface area contributed by atoms with E-state index in [-0.39, 0.29) is 25.7 Å². The number of allylic oxidation sites excluding steroid dienone is 1. The van der Waals surface area contributed by atoms with Gasteiger partial charge in [0.05, 0.1) is 12.6 Å². The van der Waals surface area contributed by atoms with Crippen LogP contribution in [0.5, 0.6) is 0 Å². The number of carbonyl (C=O) groups is 2. The zero-order valence-corrected chi connectivity index (χ0v) is 16.3. The van der Waals surface area contributed by atoms with Gasteiger partial charge in [-0.25, -0.2) is 5.48 Å². The molecule has 0 bridgehead atoms. The maximum absolute atomic E-state index is 12.5. The van der Waals surface area contributed by atoms with Gasteiger partial charge in [0, 0.05) is 22.6 Å². The normalized spacial score (nSPS) is 12.9. The van der Waals surface area contributed by atoms with Crippen molar-refractivity contribution >= 4 is 27.7 Å². The van der Waals surface area contributed by atoms with Gasteiger partial charge < -0.3 is 14.8 Å². The summed E-state index contributed by atoms with van der Waals surface area (Å²) in [6, 6.07) is 6.50. The van der Waals surface area contributed by atoms with Crippen molar-refractivity contribution in [1.29, 1.82) is 0 Å². The smallest absolute Gasteiger partial charge is 0.251 e. The van der Waals surface area contributed by atoms with Crippen molar-refractivity contribution in [3.63, 3.8) is 0 Å². The number of hydrogen-bond acceptors (Lipinski definition) is 5. The van der Waals surface area contributed by atoms with E-state index in [0.717, 1.165) is 4.47 Å². The zero-order valence-electron chi connectivity index (χ0n) is 14.7. The third-order valence-electron chi connectivity index (χ3n) is 3.63. The average molecular weight is 429 g/mol. The predicted molar refractivity (Wildman–Crippen MR) is 101 cm³/mol. The van der Waals surface area contributed by atoms with Crippen molar-refractivity contribution in [2.45, 2.75) is 25.8 Å². The van der Waals surface area contributed by atoms with Crippen LogP contribution in [0.25, 0.3) is 0 Å². The second-order valence-electron chi connectivity index (χ2n) is 5.59. The third-order valence-corrected chi connectivity index (χ3v) is 4.16. The van der Waals surface area contributed by atoms with E-state index in [1.54, 1.807) is 35.8 Å². The molecule has 2 amide bonds. The van der Waals surface area contributed by atoms with Crippen LogP contribution in [-0.4, -0.2) is 43.1 Å².